The lowest BCUT2D eigenvalue weighted by Gasteiger charge is -2.33. The lowest BCUT2D eigenvalue weighted by Crippen LogP contribution is -2.49. The number of halogens is 3. The van der Waals surface area contributed by atoms with Crippen LogP contribution in [0, 0.1) is 0 Å². The molecular weight excluding hydrogens is 550 g/mol. The summed E-state index contributed by atoms with van der Waals surface area (Å²) in [6.45, 7) is 8.84. The van der Waals surface area contributed by atoms with Gasteiger partial charge in [0.15, 0.2) is 11.5 Å². The van der Waals surface area contributed by atoms with Crippen molar-refractivity contribution in [1.29, 1.82) is 0 Å². The minimum atomic E-state index is -4.47. The largest absolute Gasteiger partial charge is 0.464 e. The summed E-state index contributed by atoms with van der Waals surface area (Å²) in [6.07, 6.45) is -1.81. The summed E-state index contributed by atoms with van der Waals surface area (Å²) in [5.74, 6) is -0.363. The van der Waals surface area contributed by atoms with Gasteiger partial charge in [0, 0.05) is 6.04 Å². The normalized spacial score (nSPS) is 15.5. The Morgan fingerprint density at radius 2 is 1.82 bits per heavy atom. The van der Waals surface area contributed by atoms with Gasteiger partial charge in [0.2, 0.25) is 7.44 Å². The lowest BCUT2D eigenvalue weighted by molar-refractivity contribution is -0.149. The van der Waals surface area contributed by atoms with Crippen molar-refractivity contribution in [2.75, 3.05) is 18.7 Å². The first kappa shape index (κ1) is 31.5. The third-order valence-electron chi connectivity index (χ3n) is 5.97. The van der Waals surface area contributed by atoms with Crippen LogP contribution < -0.4 is 15.9 Å². The summed E-state index contributed by atoms with van der Waals surface area (Å²) in [6, 6.07) is 3.89. The van der Waals surface area contributed by atoms with Gasteiger partial charge in [0.25, 0.3) is 0 Å². The maximum Gasteiger partial charge on any atom is 0.416 e. The van der Waals surface area contributed by atoms with E-state index in [9.17, 15) is 22.5 Å². The third-order valence-corrected chi connectivity index (χ3v) is 8.21. The number of hydrogen-bond donors (Lipinski definition) is 3. The molecule has 220 valence electrons. The van der Waals surface area contributed by atoms with Crippen LogP contribution in [0.15, 0.2) is 36.9 Å². The smallest absolute Gasteiger partial charge is 0.416 e. The van der Waals surface area contributed by atoms with Crippen LogP contribution in [0.5, 0.6) is 0 Å². The molecule has 0 radical (unpaired) electrons. The lowest BCUT2D eigenvalue weighted by atomic mass is 10.1. The van der Waals surface area contributed by atoms with Crippen LogP contribution >= 0.6 is 7.44 Å². The predicted molar refractivity (Wildman–Crippen MR) is 144 cm³/mol. The van der Waals surface area contributed by atoms with Crippen LogP contribution in [-0.2, 0) is 31.6 Å². The predicted octanol–water partition coefficient (Wildman–Crippen LogP) is 4.66. The summed E-state index contributed by atoms with van der Waals surface area (Å²) in [4.78, 5) is 25.0. The number of nitrogens with zero attached hydrogens (tertiary/aromatic N) is 4. The van der Waals surface area contributed by atoms with E-state index in [2.05, 4.69) is 25.1 Å². The summed E-state index contributed by atoms with van der Waals surface area (Å²) in [5.41, 5.74) is 5.12. The highest BCUT2D eigenvalue weighted by molar-refractivity contribution is 7.59. The van der Waals surface area contributed by atoms with E-state index in [1.54, 1.807) is 24.7 Å². The van der Waals surface area contributed by atoms with Crippen LogP contribution in [0.3, 0.4) is 0 Å². The van der Waals surface area contributed by atoms with Gasteiger partial charge in [-0.2, -0.15) is 13.2 Å². The second kappa shape index (κ2) is 12.6. The molecule has 0 amide bonds. The van der Waals surface area contributed by atoms with Gasteiger partial charge in [-0.1, -0.05) is 19.1 Å². The average molecular weight is 586 g/mol. The second-order valence-corrected chi connectivity index (χ2v) is 12.2. The Balaban J connectivity index is 1.78. The molecule has 1 aromatic carbocycles. The number of carbonyl (C=O) groups is 1. The van der Waals surface area contributed by atoms with E-state index in [1.807, 2.05) is 6.92 Å². The molecular formula is C25H35F3N7O4P. The van der Waals surface area contributed by atoms with E-state index in [-0.39, 0.29) is 18.8 Å². The molecule has 3 aromatic rings. The molecule has 0 aliphatic carbocycles. The van der Waals surface area contributed by atoms with Gasteiger partial charge < -0.3 is 19.8 Å². The first-order valence-corrected chi connectivity index (χ1v) is 14.6. The van der Waals surface area contributed by atoms with E-state index in [0.717, 1.165) is 12.1 Å². The number of aromatic nitrogens is 4. The van der Waals surface area contributed by atoms with E-state index in [0.29, 0.717) is 29.7 Å². The first-order valence-electron chi connectivity index (χ1n) is 12.7. The van der Waals surface area contributed by atoms with Crippen molar-refractivity contribution in [3.63, 3.8) is 0 Å². The van der Waals surface area contributed by atoms with Crippen LogP contribution in [0.1, 0.15) is 58.2 Å². The molecule has 0 aliphatic rings. The molecule has 0 saturated carbocycles. The first-order chi connectivity index (χ1) is 18.6. The van der Waals surface area contributed by atoms with Gasteiger partial charge in [0.1, 0.15) is 23.7 Å². The Morgan fingerprint density at radius 3 is 2.45 bits per heavy atom. The zero-order valence-electron chi connectivity index (χ0n) is 23.0. The minimum Gasteiger partial charge on any atom is -0.464 e. The molecule has 0 bridgehead atoms. The van der Waals surface area contributed by atoms with Crippen molar-refractivity contribution >= 4 is 30.4 Å². The molecule has 40 heavy (non-hydrogen) atoms. The topological polar surface area (TPSA) is 146 Å². The Kier molecular flexibility index (Phi) is 9.94. The Labute approximate surface area is 230 Å². The summed E-state index contributed by atoms with van der Waals surface area (Å²) >= 11 is 0. The fraction of sp³-hybridized carbons (Fsp3) is 0.520. The number of nitrogen functional groups attached to an aromatic ring is 1. The number of fused-ring (bicyclic) bond motifs is 1. The average Bonchev–Trinajstić information content (AvgIpc) is 3.29. The van der Waals surface area contributed by atoms with E-state index in [4.69, 9.17) is 15.2 Å². The molecule has 0 spiro atoms. The quantitative estimate of drug-likeness (QED) is 0.191. The Hall–Kier alpha value is -3.06. The number of hydrogen-bond acceptors (Lipinski definition) is 8. The van der Waals surface area contributed by atoms with Crippen LogP contribution in [0.4, 0.5) is 19.0 Å². The number of carbonyl (C=O) groups excluding carboxylic acids is 1. The van der Waals surface area contributed by atoms with Gasteiger partial charge in [-0.15, -0.1) is 0 Å². The standard InChI is InChI=1S/C25H35F3N7O4P/c1-6-11-38-23(36)24(4,5)34-40(37,33-17(3)18-7-9-19(10-8-18)25(26,27)28)15-39-16(2)12-35-14-32-20-21(29)30-13-31-22(20)35/h7-10,13-14,16-17H,6,11-12,15H2,1-5H3,(H2,29,30,31)(H2,33,34,37)/t16?,17-,40?/m1/s1. The van der Waals surface area contributed by atoms with Crippen molar-refractivity contribution in [3.05, 3.63) is 48.0 Å². The number of anilines is 1. The van der Waals surface area contributed by atoms with Crippen LogP contribution in [0.2, 0.25) is 0 Å². The summed E-state index contributed by atoms with van der Waals surface area (Å²) in [5, 5.41) is 5.84. The molecule has 3 atom stereocenters. The molecule has 2 heterocycles. The van der Waals surface area contributed by atoms with E-state index >= 15 is 0 Å². The fourth-order valence-electron chi connectivity index (χ4n) is 3.92. The second-order valence-electron chi connectivity index (χ2n) is 10.0. The highest BCUT2D eigenvalue weighted by Gasteiger charge is 2.38. The zero-order valence-corrected chi connectivity index (χ0v) is 23.9. The minimum absolute atomic E-state index is 0.199. The van der Waals surface area contributed by atoms with Crippen molar-refractivity contribution in [2.45, 2.75) is 71.4 Å². The maximum atomic E-state index is 14.2. The van der Waals surface area contributed by atoms with Gasteiger partial charge in [-0.05, 0) is 51.8 Å². The van der Waals surface area contributed by atoms with E-state index < -0.39 is 42.8 Å². The number of esters is 1. The molecule has 0 fully saturated rings. The number of nitrogens with two attached hydrogens (primary N) is 1. The summed E-state index contributed by atoms with van der Waals surface area (Å²) in [7, 11) is -3.71. The molecule has 4 N–H and O–H groups in total. The van der Waals surface area contributed by atoms with Crippen LogP contribution in [0.25, 0.3) is 11.2 Å². The number of ether oxygens (including phenoxy) is 2. The highest BCUT2D eigenvalue weighted by Crippen LogP contribution is 2.42. The zero-order chi connectivity index (χ0) is 29.7. The molecule has 0 saturated heterocycles. The molecule has 15 heteroatoms. The molecule has 2 unspecified atom stereocenters. The van der Waals surface area contributed by atoms with Gasteiger partial charge >= 0.3 is 12.1 Å². The Morgan fingerprint density at radius 1 is 1.15 bits per heavy atom. The van der Waals surface area contributed by atoms with Gasteiger partial charge in [0.05, 0.1) is 31.1 Å². The number of alkyl halides is 3. The van der Waals surface area contributed by atoms with Crippen molar-refractivity contribution in [2.24, 2.45) is 0 Å². The van der Waals surface area contributed by atoms with Gasteiger partial charge in [-0.25, -0.2) is 25.1 Å². The Bertz CT molecular complexity index is 1350. The molecule has 3 rings (SSSR count). The van der Waals surface area contributed by atoms with E-state index in [1.165, 1.54) is 32.3 Å². The number of imidazole rings is 1. The van der Waals surface area contributed by atoms with Crippen LogP contribution in [-0.4, -0.2) is 50.1 Å². The summed E-state index contributed by atoms with van der Waals surface area (Å²) < 4.78 is 66.1. The number of benzene rings is 1. The van der Waals surface area contributed by atoms with Crippen molar-refractivity contribution in [1.82, 2.24) is 29.7 Å². The molecule has 11 nitrogen and oxygen atoms in total. The van der Waals surface area contributed by atoms with Gasteiger partial charge in [-0.3, -0.25) is 9.36 Å². The highest BCUT2D eigenvalue weighted by atomic mass is 31.2. The fourth-order valence-corrected chi connectivity index (χ4v) is 6.35. The monoisotopic (exact) mass is 585 g/mol. The maximum absolute atomic E-state index is 14.2. The van der Waals surface area contributed by atoms with Crippen molar-refractivity contribution in [3.8, 4) is 0 Å². The molecule has 0 aliphatic heterocycles. The van der Waals surface area contributed by atoms with Crippen molar-refractivity contribution < 1.29 is 32.0 Å². The third kappa shape index (κ3) is 8.00. The number of nitrogens with one attached hydrogen (secondary N) is 2. The molecule has 2 aromatic heterocycles. The SMILES string of the molecule is CCCOC(=O)C(C)(C)NP(=O)(COC(C)Cn1cnc2c(N)ncnc21)N[C@H](C)c1ccc(C(F)(F)F)cc1. The number of rotatable bonds is 13.